The number of ether oxygens (including phenoxy) is 1. The molecule has 1 aliphatic carbocycles. The van der Waals surface area contributed by atoms with Gasteiger partial charge in [-0.05, 0) is 31.1 Å². The van der Waals surface area contributed by atoms with Crippen LogP contribution in [-0.2, 0) is 19.4 Å². The van der Waals surface area contributed by atoms with Crippen molar-refractivity contribution in [2.24, 2.45) is 10.4 Å². The highest BCUT2D eigenvalue weighted by Gasteiger charge is 2.36. The average Bonchev–Trinajstić information content (AvgIpc) is 2.90. The lowest BCUT2D eigenvalue weighted by Gasteiger charge is -2.42. The Morgan fingerprint density at radius 3 is 2.62 bits per heavy atom. The molecule has 2 rings (SSSR count). The second-order valence-corrected chi connectivity index (χ2v) is 9.60. The number of rotatable bonds is 9. The summed E-state index contributed by atoms with van der Waals surface area (Å²) in [6.07, 6.45) is 5.50. The number of hydrogen-bond acceptors (Lipinski definition) is 5. The van der Waals surface area contributed by atoms with E-state index >= 15 is 0 Å². The molecule has 1 heterocycles. The van der Waals surface area contributed by atoms with Gasteiger partial charge in [-0.1, -0.05) is 6.42 Å². The lowest BCUT2D eigenvalue weighted by molar-refractivity contribution is -0.121. The SMILES string of the molecule is CN=C(NCCC(=O)NC1CCS(=O)(=O)C1)NCC1(CCOC)CCC1. The number of aliphatic imine (C=N–C) groups is 1. The maximum Gasteiger partial charge on any atom is 0.222 e. The molecule has 0 spiro atoms. The summed E-state index contributed by atoms with van der Waals surface area (Å²) in [5.74, 6) is 0.770. The Balaban J connectivity index is 1.64. The molecule has 0 bridgehead atoms. The fourth-order valence-corrected chi connectivity index (χ4v) is 5.18. The summed E-state index contributed by atoms with van der Waals surface area (Å²) in [6.45, 7) is 2.07. The van der Waals surface area contributed by atoms with Crippen molar-refractivity contribution in [3.8, 4) is 0 Å². The summed E-state index contributed by atoms with van der Waals surface area (Å²) in [5.41, 5.74) is 0.291. The van der Waals surface area contributed by atoms with E-state index in [0.29, 0.717) is 24.3 Å². The third-order valence-electron chi connectivity index (χ3n) is 5.35. The number of carbonyl (C=O) groups is 1. The molecule has 2 aliphatic rings. The van der Waals surface area contributed by atoms with Crippen molar-refractivity contribution in [1.82, 2.24) is 16.0 Å². The number of nitrogens with one attached hydrogen (secondary N) is 3. The van der Waals surface area contributed by atoms with Crippen LogP contribution in [0.4, 0.5) is 0 Å². The Morgan fingerprint density at radius 2 is 2.08 bits per heavy atom. The first-order valence-corrected chi connectivity index (χ1v) is 11.1. The van der Waals surface area contributed by atoms with Crippen LogP contribution >= 0.6 is 0 Å². The molecule has 3 N–H and O–H groups in total. The van der Waals surface area contributed by atoms with Crippen LogP contribution in [0.5, 0.6) is 0 Å². The lowest BCUT2D eigenvalue weighted by atomic mass is 9.67. The second kappa shape index (κ2) is 9.55. The Bertz CT molecular complexity index is 602. The molecule has 1 atom stereocenters. The highest BCUT2D eigenvalue weighted by Crippen LogP contribution is 2.43. The van der Waals surface area contributed by atoms with E-state index in [2.05, 4.69) is 20.9 Å². The number of hydrogen-bond donors (Lipinski definition) is 3. The highest BCUT2D eigenvalue weighted by molar-refractivity contribution is 7.91. The zero-order valence-electron chi connectivity index (χ0n) is 15.8. The van der Waals surface area contributed by atoms with Crippen LogP contribution in [0, 0.1) is 5.41 Å². The summed E-state index contributed by atoms with van der Waals surface area (Å²) < 4.78 is 28.0. The Kier molecular flexibility index (Phi) is 7.69. The fraction of sp³-hybridized carbons (Fsp3) is 0.882. The summed E-state index contributed by atoms with van der Waals surface area (Å²) in [5, 5.41) is 9.29. The maximum atomic E-state index is 12.0. The first-order valence-electron chi connectivity index (χ1n) is 9.31. The largest absolute Gasteiger partial charge is 0.385 e. The van der Waals surface area contributed by atoms with E-state index in [1.54, 1.807) is 14.2 Å². The van der Waals surface area contributed by atoms with Crippen molar-refractivity contribution in [2.75, 3.05) is 45.4 Å². The van der Waals surface area contributed by atoms with E-state index in [1.165, 1.54) is 19.3 Å². The van der Waals surface area contributed by atoms with Crippen LogP contribution in [0.25, 0.3) is 0 Å². The predicted molar refractivity (Wildman–Crippen MR) is 102 cm³/mol. The van der Waals surface area contributed by atoms with Crippen molar-refractivity contribution in [2.45, 2.75) is 44.6 Å². The quantitative estimate of drug-likeness (QED) is 0.380. The minimum atomic E-state index is -2.97. The molecule has 2 fully saturated rings. The molecule has 8 nitrogen and oxygen atoms in total. The van der Waals surface area contributed by atoms with Crippen LogP contribution in [-0.4, -0.2) is 71.7 Å². The van der Waals surface area contributed by atoms with Gasteiger partial charge < -0.3 is 20.7 Å². The topological polar surface area (TPSA) is 109 Å². The third-order valence-corrected chi connectivity index (χ3v) is 7.12. The van der Waals surface area contributed by atoms with Crippen molar-refractivity contribution in [3.63, 3.8) is 0 Å². The van der Waals surface area contributed by atoms with E-state index < -0.39 is 9.84 Å². The van der Waals surface area contributed by atoms with Gasteiger partial charge in [0.25, 0.3) is 0 Å². The van der Waals surface area contributed by atoms with Gasteiger partial charge in [-0.25, -0.2) is 8.42 Å². The number of guanidine groups is 1. The molecule has 1 unspecified atom stereocenters. The average molecular weight is 389 g/mol. The zero-order chi connectivity index (χ0) is 19.0. The third kappa shape index (κ3) is 6.42. The molecule has 0 aromatic carbocycles. The van der Waals surface area contributed by atoms with E-state index in [1.807, 2.05) is 0 Å². The number of sulfone groups is 1. The number of methoxy groups -OCH3 is 1. The van der Waals surface area contributed by atoms with E-state index in [9.17, 15) is 13.2 Å². The molecule has 1 aliphatic heterocycles. The van der Waals surface area contributed by atoms with Gasteiger partial charge in [0.05, 0.1) is 11.5 Å². The number of carbonyl (C=O) groups excluding carboxylic acids is 1. The van der Waals surface area contributed by atoms with Gasteiger partial charge in [-0.2, -0.15) is 0 Å². The second-order valence-electron chi connectivity index (χ2n) is 7.37. The zero-order valence-corrected chi connectivity index (χ0v) is 16.7. The van der Waals surface area contributed by atoms with Gasteiger partial charge in [0.2, 0.25) is 5.91 Å². The molecule has 0 radical (unpaired) electrons. The van der Waals surface area contributed by atoms with Crippen LogP contribution in [0.2, 0.25) is 0 Å². The molecule has 150 valence electrons. The van der Waals surface area contributed by atoms with Crippen LogP contribution < -0.4 is 16.0 Å². The molecular formula is C17H32N4O4S. The molecule has 1 saturated carbocycles. The Morgan fingerprint density at radius 1 is 1.31 bits per heavy atom. The molecule has 26 heavy (non-hydrogen) atoms. The van der Waals surface area contributed by atoms with Gasteiger partial charge in [0.15, 0.2) is 15.8 Å². The van der Waals surface area contributed by atoms with Gasteiger partial charge >= 0.3 is 0 Å². The van der Waals surface area contributed by atoms with E-state index in [-0.39, 0.29) is 29.9 Å². The number of amides is 1. The molecule has 1 saturated heterocycles. The standard InChI is InChI=1S/C17H32N4O4S/c1-18-16(20-13-17(6-3-7-17)8-10-25-2)19-9-4-15(22)21-14-5-11-26(23,24)12-14/h14H,3-13H2,1-2H3,(H,21,22)(H2,18,19,20). The predicted octanol–water partition coefficient (Wildman–Crippen LogP) is 0.0516. The van der Waals surface area contributed by atoms with Crippen LogP contribution in [0.15, 0.2) is 4.99 Å². The minimum absolute atomic E-state index is 0.0545. The van der Waals surface area contributed by atoms with Crippen LogP contribution in [0.1, 0.15) is 38.5 Å². The highest BCUT2D eigenvalue weighted by atomic mass is 32.2. The fourth-order valence-electron chi connectivity index (χ4n) is 3.51. The minimum Gasteiger partial charge on any atom is -0.385 e. The van der Waals surface area contributed by atoms with E-state index in [4.69, 9.17) is 4.74 Å². The maximum absolute atomic E-state index is 12.0. The van der Waals surface area contributed by atoms with Gasteiger partial charge in [0.1, 0.15) is 0 Å². The summed E-state index contributed by atoms with van der Waals surface area (Å²) in [6, 6.07) is -0.246. The summed E-state index contributed by atoms with van der Waals surface area (Å²) in [4.78, 5) is 16.2. The first-order chi connectivity index (χ1) is 12.4. The Hall–Kier alpha value is -1.35. The summed E-state index contributed by atoms with van der Waals surface area (Å²) in [7, 11) is 0.466. The van der Waals surface area contributed by atoms with Crippen LogP contribution in [0.3, 0.4) is 0 Å². The van der Waals surface area contributed by atoms with E-state index in [0.717, 1.165) is 19.6 Å². The molecule has 9 heteroatoms. The molecular weight excluding hydrogens is 356 g/mol. The molecule has 0 aromatic heterocycles. The van der Waals surface area contributed by atoms with Crippen molar-refractivity contribution >= 4 is 21.7 Å². The molecule has 0 aromatic rings. The van der Waals surface area contributed by atoms with Gasteiger partial charge in [0, 0.05) is 46.3 Å². The molecule has 1 amide bonds. The number of nitrogens with zero attached hydrogens (tertiary/aromatic N) is 1. The Labute approximate surface area is 156 Å². The smallest absolute Gasteiger partial charge is 0.222 e. The van der Waals surface area contributed by atoms with Crippen molar-refractivity contribution in [3.05, 3.63) is 0 Å². The first kappa shape index (κ1) is 21.0. The lowest BCUT2D eigenvalue weighted by Crippen LogP contribution is -2.47. The van der Waals surface area contributed by atoms with Gasteiger partial charge in [-0.15, -0.1) is 0 Å². The van der Waals surface area contributed by atoms with Gasteiger partial charge in [-0.3, -0.25) is 9.79 Å². The van der Waals surface area contributed by atoms with Crippen molar-refractivity contribution in [1.29, 1.82) is 0 Å². The normalized spacial score (nSPS) is 23.9. The van der Waals surface area contributed by atoms with Crippen molar-refractivity contribution < 1.29 is 17.9 Å². The monoisotopic (exact) mass is 388 g/mol. The summed E-state index contributed by atoms with van der Waals surface area (Å²) >= 11 is 0.